The zero-order chi connectivity index (χ0) is 26.9. The highest BCUT2D eigenvalue weighted by molar-refractivity contribution is 7.18. The number of thiazole rings is 1. The van der Waals surface area contributed by atoms with Gasteiger partial charge in [0.2, 0.25) is 0 Å². The minimum atomic E-state index is -1.09. The summed E-state index contributed by atoms with van der Waals surface area (Å²) in [5.41, 5.74) is 1.60. The molecule has 39 heavy (non-hydrogen) atoms. The van der Waals surface area contributed by atoms with E-state index in [1.807, 2.05) is 6.07 Å². The molecule has 4 aromatic rings. The van der Waals surface area contributed by atoms with E-state index in [2.05, 4.69) is 10.1 Å². The molecule has 0 spiro atoms. The molecular formula is C29H24Cl2FN3O3S. The van der Waals surface area contributed by atoms with E-state index >= 15 is 0 Å². The first-order valence-corrected chi connectivity index (χ1v) is 14.7. The number of ether oxygens (including phenoxy) is 1. The van der Waals surface area contributed by atoms with Crippen molar-refractivity contribution in [2.75, 3.05) is 0 Å². The fourth-order valence-electron chi connectivity index (χ4n) is 6.42. The molecule has 4 atom stereocenters. The lowest BCUT2D eigenvalue weighted by molar-refractivity contribution is 0.00958. The molecular weight excluding hydrogens is 560 g/mol. The van der Waals surface area contributed by atoms with E-state index in [1.54, 1.807) is 24.3 Å². The molecule has 2 aromatic carbocycles. The average Bonchev–Trinajstić information content (AvgIpc) is 3.20. The first-order valence-electron chi connectivity index (χ1n) is 13.1. The third-order valence-electron chi connectivity index (χ3n) is 8.40. The third-order valence-corrected chi connectivity index (χ3v) is 10.2. The van der Waals surface area contributed by atoms with Crippen molar-refractivity contribution in [2.45, 2.75) is 62.8 Å². The van der Waals surface area contributed by atoms with Crippen LogP contribution in [0.3, 0.4) is 0 Å². The minimum Gasteiger partial charge on any atom is -0.383 e. The first kappa shape index (κ1) is 25.4. The highest BCUT2D eigenvalue weighted by Gasteiger charge is 2.51. The summed E-state index contributed by atoms with van der Waals surface area (Å²) < 4.78 is 27.3. The quantitative estimate of drug-likeness (QED) is 0.249. The Morgan fingerprint density at radius 2 is 1.90 bits per heavy atom. The fourth-order valence-corrected chi connectivity index (χ4v) is 8.12. The Morgan fingerprint density at radius 1 is 1.18 bits per heavy atom. The number of halogens is 3. The molecule has 3 saturated carbocycles. The fraction of sp³-hybridized carbons (Fsp3) is 0.414. The standard InChI is InChI=1S/C29H24Cl2FN3O3S/c30-20-2-1-3-21(31)24(20)25-19(27(38-35-25)15-4-5-15)13-37-18-8-16-10-29(36,11-17(16)9-18)28-34-26-22(32)6-14(12-33)7-23(26)39-28/h1-3,6-7,15-18,36H,4-5,8-11,13H2/t16-,17+,18?,29?. The van der Waals surface area contributed by atoms with E-state index in [1.165, 1.54) is 17.4 Å². The van der Waals surface area contributed by atoms with Crippen LogP contribution in [0.2, 0.25) is 10.0 Å². The minimum absolute atomic E-state index is 0.0482. The number of nitriles is 1. The van der Waals surface area contributed by atoms with Gasteiger partial charge in [0, 0.05) is 17.0 Å². The van der Waals surface area contributed by atoms with Crippen molar-refractivity contribution < 1.29 is 18.8 Å². The second-order valence-corrected chi connectivity index (χ2v) is 12.9. The van der Waals surface area contributed by atoms with Gasteiger partial charge in [0.25, 0.3) is 0 Å². The van der Waals surface area contributed by atoms with Crippen LogP contribution in [0.1, 0.15) is 66.3 Å². The van der Waals surface area contributed by atoms with Crippen LogP contribution >= 0.6 is 34.5 Å². The van der Waals surface area contributed by atoms with Gasteiger partial charge in [0.15, 0.2) is 5.82 Å². The number of hydrogen-bond donors (Lipinski definition) is 1. The Balaban J connectivity index is 1.07. The topological polar surface area (TPSA) is 92.2 Å². The van der Waals surface area contributed by atoms with Crippen molar-refractivity contribution in [3.05, 3.63) is 68.1 Å². The van der Waals surface area contributed by atoms with Crippen molar-refractivity contribution in [1.82, 2.24) is 10.1 Å². The van der Waals surface area contributed by atoms with Crippen molar-refractivity contribution in [3.8, 4) is 17.3 Å². The molecule has 3 fully saturated rings. The molecule has 0 amide bonds. The van der Waals surface area contributed by atoms with Gasteiger partial charge in [0.05, 0.1) is 39.1 Å². The number of benzene rings is 2. The molecule has 6 nitrogen and oxygen atoms in total. The van der Waals surface area contributed by atoms with Gasteiger partial charge in [-0.1, -0.05) is 34.4 Å². The summed E-state index contributed by atoms with van der Waals surface area (Å²) in [6, 6.07) is 10.2. The summed E-state index contributed by atoms with van der Waals surface area (Å²) in [6.07, 6.45) is 4.96. The highest BCUT2D eigenvalue weighted by Crippen LogP contribution is 2.55. The zero-order valence-electron chi connectivity index (χ0n) is 20.8. The molecule has 1 N–H and O–H groups in total. The van der Waals surface area contributed by atoms with Crippen molar-refractivity contribution in [2.24, 2.45) is 11.8 Å². The maximum atomic E-state index is 14.5. The molecule has 3 aliphatic rings. The predicted octanol–water partition coefficient (Wildman–Crippen LogP) is 7.74. The summed E-state index contributed by atoms with van der Waals surface area (Å²) in [4.78, 5) is 4.46. The van der Waals surface area contributed by atoms with E-state index in [0.29, 0.717) is 56.4 Å². The third kappa shape index (κ3) is 4.45. The van der Waals surface area contributed by atoms with Crippen LogP contribution in [0.25, 0.3) is 21.5 Å². The van der Waals surface area contributed by atoms with Crippen LogP contribution in [0.15, 0.2) is 34.9 Å². The van der Waals surface area contributed by atoms with Crippen molar-refractivity contribution >= 4 is 44.8 Å². The number of aliphatic hydroxyl groups is 1. The van der Waals surface area contributed by atoms with Gasteiger partial charge in [-0.2, -0.15) is 5.26 Å². The van der Waals surface area contributed by atoms with Crippen LogP contribution in [0, 0.1) is 29.0 Å². The number of aromatic nitrogens is 2. The SMILES string of the molecule is N#Cc1cc(F)c2nc(C3(O)C[C@H]4CC(OCc5c(-c6c(Cl)cccc6Cl)noc5C5CC5)C[C@H]4C3)sc2c1. The Labute approximate surface area is 238 Å². The Hall–Kier alpha value is -2.54. The Kier molecular flexibility index (Phi) is 6.22. The molecule has 0 saturated heterocycles. The largest absolute Gasteiger partial charge is 0.383 e. The molecule has 0 aliphatic heterocycles. The summed E-state index contributed by atoms with van der Waals surface area (Å²) >= 11 is 14.3. The molecule has 7 rings (SSSR count). The van der Waals surface area contributed by atoms with Crippen molar-refractivity contribution in [3.63, 3.8) is 0 Å². The summed E-state index contributed by atoms with van der Waals surface area (Å²) in [5.74, 6) is 1.26. The monoisotopic (exact) mass is 583 g/mol. The van der Waals surface area contributed by atoms with Gasteiger partial charge in [-0.3, -0.25) is 0 Å². The van der Waals surface area contributed by atoms with E-state index < -0.39 is 11.4 Å². The average molecular weight is 585 g/mol. The van der Waals surface area contributed by atoms with Gasteiger partial charge >= 0.3 is 0 Å². The number of rotatable bonds is 6. The van der Waals surface area contributed by atoms with Crippen LogP contribution in [-0.4, -0.2) is 21.4 Å². The molecule has 0 bridgehead atoms. The van der Waals surface area contributed by atoms with Gasteiger partial charge < -0.3 is 14.4 Å². The lowest BCUT2D eigenvalue weighted by Crippen LogP contribution is -2.23. The molecule has 10 heteroatoms. The summed E-state index contributed by atoms with van der Waals surface area (Å²) in [7, 11) is 0. The number of hydrogen-bond acceptors (Lipinski definition) is 7. The van der Waals surface area contributed by atoms with E-state index in [4.69, 9.17) is 37.7 Å². The van der Waals surface area contributed by atoms with Gasteiger partial charge in [-0.25, -0.2) is 9.37 Å². The van der Waals surface area contributed by atoms with Crippen LogP contribution in [-0.2, 0) is 16.9 Å². The first-order chi connectivity index (χ1) is 18.8. The van der Waals surface area contributed by atoms with Crippen LogP contribution in [0.5, 0.6) is 0 Å². The molecule has 200 valence electrons. The smallest absolute Gasteiger partial charge is 0.151 e. The lowest BCUT2D eigenvalue weighted by atomic mass is 9.98. The zero-order valence-corrected chi connectivity index (χ0v) is 23.1. The number of fused-ring (bicyclic) bond motifs is 2. The predicted molar refractivity (Wildman–Crippen MR) is 146 cm³/mol. The maximum Gasteiger partial charge on any atom is 0.151 e. The lowest BCUT2D eigenvalue weighted by Gasteiger charge is -2.22. The summed E-state index contributed by atoms with van der Waals surface area (Å²) in [6.45, 7) is 0.360. The number of nitrogens with zero attached hydrogens (tertiary/aromatic N) is 3. The van der Waals surface area contributed by atoms with E-state index in [9.17, 15) is 9.50 Å². The molecule has 2 aromatic heterocycles. The Bertz CT molecular complexity index is 1610. The normalized spacial score (nSPS) is 26.3. The molecule has 3 aliphatic carbocycles. The van der Waals surface area contributed by atoms with Gasteiger partial charge in [0.1, 0.15) is 27.6 Å². The van der Waals surface area contributed by atoms with E-state index in [-0.39, 0.29) is 29.0 Å². The highest BCUT2D eigenvalue weighted by atomic mass is 35.5. The van der Waals surface area contributed by atoms with Crippen LogP contribution < -0.4 is 0 Å². The van der Waals surface area contributed by atoms with Gasteiger partial charge in [-0.15, -0.1) is 11.3 Å². The molecule has 2 heterocycles. The second-order valence-electron chi connectivity index (χ2n) is 11.0. The van der Waals surface area contributed by atoms with Crippen LogP contribution in [0.4, 0.5) is 4.39 Å². The maximum absolute atomic E-state index is 14.5. The van der Waals surface area contributed by atoms with E-state index in [0.717, 1.165) is 37.0 Å². The Morgan fingerprint density at radius 3 is 2.56 bits per heavy atom. The second kappa shape index (κ2) is 9.53. The summed E-state index contributed by atoms with van der Waals surface area (Å²) in [5, 5.41) is 26.6. The van der Waals surface area contributed by atoms with Gasteiger partial charge in [-0.05, 0) is 74.6 Å². The van der Waals surface area contributed by atoms with Crippen molar-refractivity contribution in [1.29, 1.82) is 5.26 Å². The molecule has 0 radical (unpaired) electrons. The molecule has 2 unspecified atom stereocenters.